The van der Waals surface area contributed by atoms with E-state index in [4.69, 9.17) is 0 Å². The molecule has 2 aliphatic rings. The fraction of sp³-hybridized carbons (Fsp3) is 0.448. The summed E-state index contributed by atoms with van der Waals surface area (Å²) in [6, 6.07) is 15.0. The molecule has 5 rings (SSSR count). The van der Waals surface area contributed by atoms with Gasteiger partial charge in [0, 0.05) is 43.5 Å². The molecule has 0 bridgehead atoms. The maximum Gasteiger partial charge on any atom is 0.251 e. The van der Waals surface area contributed by atoms with E-state index >= 15 is 0 Å². The van der Waals surface area contributed by atoms with E-state index in [1.165, 1.54) is 16.0 Å². The number of aromatic nitrogens is 3. The zero-order valence-corrected chi connectivity index (χ0v) is 22.0. The fourth-order valence-corrected chi connectivity index (χ4v) is 5.08. The normalized spacial score (nSPS) is 20.8. The van der Waals surface area contributed by atoms with Crippen molar-refractivity contribution in [3.8, 4) is 5.69 Å². The lowest BCUT2D eigenvalue weighted by Crippen LogP contribution is -2.52. The quantitative estimate of drug-likeness (QED) is 0.384. The van der Waals surface area contributed by atoms with Crippen LogP contribution in [-0.4, -0.2) is 69.3 Å². The van der Waals surface area contributed by atoms with Crippen molar-refractivity contribution in [2.75, 3.05) is 19.6 Å². The summed E-state index contributed by atoms with van der Waals surface area (Å²) in [6.45, 7) is 2.76. The van der Waals surface area contributed by atoms with Gasteiger partial charge in [0.25, 0.3) is 11.8 Å². The van der Waals surface area contributed by atoms with E-state index in [2.05, 4.69) is 52.1 Å². The van der Waals surface area contributed by atoms with Gasteiger partial charge in [0.2, 0.25) is 5.91 Å². The number of nitrogens with zero attached hydrogens (tertiary/aromatic N) is 4. The smallest absolute Gasteiger partial charge is 0.251 e. The molecule has 10 heteroatoms. The van der Waals surface area contributed by atoms with E-state index in [0.29, 0.717) is 36.9 Å². The Balaban J connectivity index is 1.17. The molecular formula is C29H34F2N6O2. The minimum Gasteiger partial charge on any atom is -0.340 e. The van der Waals surface area contributed by atoms with Crippen LogP contribution in [0.2, 0.25) is 0 Å². The van der Waals surface area contributed by atoms with Crippen LogP contribution in [0.5, 0.6) is 0 Å². The van der Waals surface area contributed by atoms with Crippen molar-refractivity contribution < 1.29 is 18.4 Å². The van der Waals surface area contributed by atoms with Crippen LogP contribution in [0.3, 0.4) is 0 Å². The van der Waals surface area contributed by atoms with Crippen molar-refractivity contribution >= 4 is 11.8 Å². The second-order valence-corrected chi connectivity index (χ2v) is 10.6. The van der Waals surface area contributed by atoms with Crippen LogP contribution < -0.4 is 10.6 Å². The second-order valence-electron chi connectivity index (χ2n) is 10.6. The molecule has 2 N–H and O–H groups in total. The lowest BCUT2D eigenvalue weighted by atomic mass is 10.0. The number of nitrogens with one attached hydrogen (secondary N) is 2. The SMILES string of the molecule is Cc1ccc([C@@H]2C[C@H]2NCCC[C@H](NC(=O)c2ccc(-n3ccnn3)cc2)C(=O)N2CCC(F)(F)CC2)cc1. The fourth-order valence-electron chi connectivity index (χ4n) is 5.08. The minimum atomic E-state index is -2.75. The number of benzene rings is 2. The zero-order valence-electron chi connectivity index (χ0n) is 22.0. The van der Waals surface area contributed by atoms with Crippen LogP contribution in [-0.2, 0) is 4.79 Å². The Hall–Kier alpha value is -3.66. The summed E-state index contributed by atoms with van der Waals surface area (Å²) in [6.07, 6.45) is 4.72. The van der Waals surface area contributed by atoms with Crippen LogP contribution in [0.4, 0.5) is 8.78 Å². The Bertz CT molecular complexity index is 1250. The molecule has 1 saturated carbocycles. The largest absolute Gasteiger partial charge is 0.340 e. The van der Waals surface area contributed by atoms with Crippen molar-refractivity contribution in [3.05, 3.63) is 77.6 Å². The lowest BCUT2D eigenvalue weighted by molar-refractivity contribution is -0.139. The molecule has 1 saturated heterocycles. The summed E-state index contributed by atoms with van der Waals surface area (Å²) >= 11 is 0. The lowest BCUT2D eigenvalue weighted by Gasteiger charge is -2.34. The number of likely N-dealkylation sites (tertiary alicyclic amines) is 1. The number of piperidine rings is 1. The summed E-state index contributed by atoms with van der Waals surface area (Å²) in [7, 11) is 0. The first-order chi connectivity index (χ1) is 18.8. The van der Waals surface area contributed by atoms with Gasteiger partial charge in [0.05, 0.1) is 18.1 Å². The molecule has 39 heavy (non-hydrogen) atoms. The number of amides is 2. The first-order valence-corrected chi connectivity index (χ1v) is 13.5. The molecule has 8 nitrogen and oxygen atoms in total. The Kier molecular flexibility index (Phi) is 8.02. The van der Waals surface area contributed by atoms with Gasteiger partial charge in [-0.15, -0.1) is 5.10 Å². The van der Waals surface area contributed by atoms with Crippen LogP contribution in [0, 0.1) is 6.92 Å². The van der Waals surface area contributed by atoms with Gasteiger partial charge < -0.3 is 15.5 Å². The molecule has 2 heterocycles. The molecule has 0 unspecified atom stereocenters. The predicted octanol–water partition coefficient (Wildman–Crippen LogP) is 3.86. The predicted molar refractivity (Wildman–Crippen MR) is 143 cm³/mol. The highest BCUT2D eigenvalue weighted by molar-refractivity contribution is 5.97. The van der Waals surface area contributed by atoms with Crippen LogP contribution in [0.1, 0.15) is 59.5 Å². The van der Waals surface area contributed by atoms with Gasteiger partial charge in [-0.05, 0) is 62.6 Å². The summed E-state index contributed by atoms with van der Waals surface area (Å²) < 4.78 is 29.0. The molecule has 2 fully saturated rings. The third-order valence-electron chi connectivity index (χ3n) is 7.60. The van der Waals surface area contributed by atoms with E-state index in [9.17, 15) is 18.4 Å². The molecule has 0 radical (unpaired) electrons. The molecule has 2 amide bonds. The third-order valence-corrected chi connectivity index (χ3v) is 7.60. The van der Waals surface area contributed by atoms with Crippen molar-refractivity contribution in [1.29, 1.82) is 0 Å². The number of hydrogen-bond acceptors (Lipinski definition) is 5. The average molecular weight is 537 g/mol. The van der Waals surface area contributed by atoms with Gasteiger partial charge in [-0.1, -0.05) is 35.0 Å². The summed E-state index contributed by atoms with van der Waals surface area (Å²) in [4.78, 5) is 27.8. The molecule has 1 aliphatic heterocycles. The molecule has 0 spiro atoms. The number of rotatable bonds is 10. The Labute approximate surface area is 226 Å². The molecule has 3 aromatic rings. The Morgan fingerprint density at radius 3 is 2.46 bits per heavy atom. The molecule has 1 aromatic heterocycles. The summed E-state index contributed by atoms with van der Waals surface area (Å²) in [5.74, 6) is -2.93. The summed E-state index contributed by atoms with van der Waals surface area (Å²) in [5.41, 5.74) is 3.72. The maximum atomic E-state index is 13.7. The highest BCUT2D eigenvalue weighted by Crippen LogP contribution is 2.40. The first-order valence-electron chi connectivity index (χ1n) is 13.5. The monoisotopic (exact) mass is 536 g/mol. The molecule has 1 aliphatic carbocycles. The molecule has 3 atom stereocenters. The minimum absolute atomic E-state index is 0.0106. The van der Waals surface area contributed by atoms with E-state index in [1.54, 1.807) is 41.3 Å². The van der Waals surface area contributed by atoms with Crippen LogP contribution in [0.25, 0.3) is 5.69 Å². The highest BCUT2D eigenvalue weighted by Gasteiger charge is 2.39. The average Bonchev–Trinajstić information content (AvgIpc) is 3.49. The van der Waals surface area contributed by atoms with Gasteiger partial charge in [0.1, 0.15) is 6.04 Å². The van der Waals surface area contributed by atoms with E-state index < -0.39 is 12.0 Å². The van der Waals surface area contributed by atoms with Crippen molar-refractivity contribution in [1.82, 2.24) is 30.5 Å². The summed E-state index contributed by atoms with van der Waals surface area (Å²) in [5, 5.41) is 14.1. The number of carbonyl (C=O) groups is 2. The van der Waals surface area contributed by atoms with E-state index in [-0.39, 0.29) is 37.7 Å². The van der Waals surface area contributed by atoms with Gasteiger partial charge in [0.15, 0.2) is 0 Å². The van der Waals surface area contributed by atoms with Crippen LogP contribution >= 0.6 is 0 Å². The van der Waals surface area contributed by atoms with E-state index in [1.807, 2.05) is 0 Å². The van der Waals surface area contributed by atoms with Crippen LogP contribution in [0.15, 0.2) is 60.9 Å². The van der Waals surface area contributed by atoms with Crippen molar-refractivity contribution in [3.63, 3.8) is 0 Å². The number of alkyl halides is 2. The first kappa shape index (κ1) is 26.9. The maximum absolute atomic E-state index is 13.7. The number of carbonyl (C=O) groups excluding carboxylic acids is 2. The number of halogens is 2. The van der Waals surface area contributed by atoms with Gasteiger partial charge in [-0.3, -0.25) is 9.59 Å². The van der Waals surface area contributed by atoms with Gasteiger partial charge >= 0.3 is 0 Å². The molecule has 2 aromatic carbocycles. The topological polar surface area (TPSA) is 92.1 Å². The van der Waals surface area contributed by atoms with Crippen molar-refractivity contribution in [2.24, 2.45) is 0 Å². The van der Waals surface area contributed by atoms with Crippen molar-refractivity contribution in [2.45, 2.75) is 63.0 Å². The number of hydrogen-bond donors (Lipinski definition) is 2. The number of aryl methyl sites for hydroxylation is 1. The highest BCUT2D eigenvalue weighted by atomic mass is 19.3. The van der Waals surface area contributed by atoms with Gasteiger partial charge in [-0.25, -0.2) is 13.5 Å². The Morgan fingerprint density at radius 2 is 1.79 bits per heavy atom. The second kappa shape index (κ2) is 11.6. The molecule has 206 valence electrons. The zero-order chi connectivity index (χ0) is 27.4. The van der Waals surface area contributed by atoms with E-state index in [0.717, 1.165) is 12.1 Å². The standard InChI is InChI=1S/C29H34F2N6O2/c1-20-4-6-21(7-5-20)24-19-26(24)32-14-2-3-25(28(39)36-16-12-29(30,31)13-17-36)34-27(38)22-8-10-23(11-9-22)37-18-15-33-35-37/h4-11,15,18,24-26,32H,2-3,12-14,16-17,19H2,1H3,(H,34,38)/t24-,25-,26+/m0/s1. The van der Waals surface area contributed by atoms with Gasteiger partial charge in [-0.2, -0.15) is 0 Å². The molecular weight excluding hydrogens is 502 g/mol. The third kappa shape index (κ3) is 6.86. The Morgan fingerprint density at radius 1 is 1.08 bits per heavy atom.